The second kappa shape index (κ2) is 8.99. The van der Waals surface area contributed by atoms with Gasteiger partial charge >= 0.3 is 6.18 Å². The third-order valence-corrected chi connectivity index (χ3v) is 4.44. The molecule has 0 saturated heterocycles. The molecule has 0 heterocycles. The smallest absolute Gasteiger partial charge is 0.419 e. The molecule has 0 fully saturated rings. The third-order valence-electron chi connectivity index (χ3n) is 4.44. The number of anilines is 1. The van der Waals surface area contributed by atoms with Crippen LogP contribution in [0.5, 0.6) is 11.5 Å². The highest BCUT2D eigenvalue weighted by molar-refractivity contribution is 5.91. The van der Waals surface area contributed by atoms with Crippen molar-refractivity contribution in [3.63, 3.8) is 0 Å². The molecule has 1 amide bonds. The minimum absolute atomic E-state index is 0.183. The lowest BCUT2D eigenvalue weighted by atomic mass is 10.0. The van der Waals surface area contributed by atoms with Crippen molar-refractivity contribution in [2.75, 3.05) is 12.4 Å². The Morgan fingerprint density at radius 2 is 1.86 bits per heavy atom. The van der Waals surface area contributed by atoms with Crippen LogP contribution in [-0.2, 0) is 24.0 Å². The Balaban J connectivity index is 2.41. The van der Waals surface area contributed by atoms with Crippen molar-refractivity contribution < 1.29 is 27.4 Å². The average molecular weight is 395 g/mol. The summed E-state index contributed by atoms with van der Waals surface area (Å²) in [6.07, 6.45) is -3.77. The summed E-state index contributed by atoms with van der Waals surface area (Å²) < 4.78 is 51.4. The van der Waals surface area contributed by atoms with Gasteiger partial charge in [-0.05, 0) is 48.7 Å². The van der Waals surface area contributed by atoms with Gasteiger partial charge in [0, 0.05) is 6.42 Å². The van der Waals surface area contributed by atoms with Crippen LogP contribution < -0.4 is 14.8 Å². The van der Waals surface area contributed by atoms with E-state index in [1.54, 1.807) is 39.0 Å². The van der Waals surface area contributed by atoms with Gasteiger partial charge in [-0.1, -0.05) is 19.9 Å². The molecule has 152 valence electrons. The normalized spacial score (nSPS) is 11.2. The number of ether oxygens (including phenoxy) is 2. The number of methoxy groups -OCH3 is 1. The molecule has 0 atom stereocenters. The number of hydrogen-bond acceptors (Lipinski definition) is 3. The standard InChI is InChI=1S/C21H24F3NO3/c1-5-14-11-16(21(22,23)24)19(10-13(14)3)28-12-15-17(25-20(26)6-2)8-7-9-18(15)27-4/h7-11H,5-6,12H2,1-4H3,(H,25,26). The molecule has 0 aromatic heterocycles. The van der Waals surface area contributed by atoms with Crippen LogP contribution in [0.15, 0.2) is 30.3 Å². The molecule has 28 heavy (non-hydrogen) atoms. The van der Waals surface area contributed by atoms with E-state index < -0.39 is 11.7 Å². The van der Waals surface area contributed by atoms with Crippen molar-refractivity contribution in [1.82, 2.24) is 0 Å². The lowest BCUT2D eigenvalue weighted by molar-refractivity contribution is -0.139. The van der Waals surface area contributed by atoms with Gasteiger partial charge in [0.05, 0.1) is 23.9 Å². The van der Waals surface area contributed by atoms with Crippen LogP contribution in [0, 0.1) is 6.92 Å². The summed E-state index contributed by atoms with van der Waals surface area (Å²) in [5.41, 5.74) is 1.45. The molecule has 0 spiro atoms. The largest absolute Gasteiger partial charge is 0.496 e. The van der Waals surface area contributed by atoms with Crippen LogP contribution in [0.3, 0.4) is 0 Å². The first-order chi connectivity index (χ1) is 13.2. The average Bonchev–Trinajstić information content (AvgIpc) is 2.65. The Morgan fingerprint density at radius 3 is 2.43 bits per heavy atom. The van der Waals surface area contributed by atoms with Crippen LogP contribution in [0.1, 0.15) is 42.5 Å². The SMILES string of the molecule is CCC(=O)Nc1cccc(OC)c1COc1cc(C)c(CC)cc1C(F)(F)F. The maximum absolute atomic E-state index is 13.5. The fourth-order valence-electron chi connectivity index (χ4n) is 2.86. The van der Waals surface area contributed by atoms with Crippen molar-refractivity contribution in [1.29, 1.82) is 0 Å². The van der Waals surface area contributed by atoms with Gasteiger partial charge in [-0.2, -0.15) is 13.2 Å². The Hall–Kier alpha value is -2.70. The fourth-order valence-corrected chi connectivity index (χ4v) is 2.86. The van der Waals surface area contributed by atoms with Gasteiger partial charge in [0.2, 0.25) is 5.91 Å². The van der Waals surface area contributed by atoms with E-state index in [0.29, 0.717) is 29.0 Å². The molecule has 0 saturated carbocycles. The molecule has 0 aliphatic carbocycles. The Bertz CT molecular complexity index is 848. The van der Waals surface area contributed by atoms with Gasteiger partial charge in [0.15, 0.2) is 0 Å². The number of amides is 1. The van der Waals surface area contributed by atoms with E-state index in [9.17, 15) is 18.0 Å². The predicted octanol–water partition coefficient (Wildman–Crippen LogP) is 5.51. The molecule has 0 unspecified atom stereocenters. The lowest BCUT2D eigenvalue weighted by Crippen LogP contribution is -2.14. The maximum atomic E-state index is 13.5. The number of carbonyl (C=O) groups excluding carboxylic acids is 1. The van der Waals surface area contributed by atoms with Gasteiger partial charge in [0.25, 0.3) is 0 Å². The van der Waals surface area contributed by atoms with Gasteiger partial charge in [-0.15, -0.1) is 0 Å². The molecule has 2 rings (SSSR count). The second-order valence-electron chi connectivity index (χ2n) is 6.30. The number of benzene rings is 2. The van der Waals surface area contributed by atoms with Gasteiger partial charge in [-0.25, -0.2) is 0 Å². The molecule has 0 radical (unpaired) electrons. The molecule has 0 aliphatic rings. The summed E-state index contributed by atoms with van der Waals surface area (Å²) in [5, 5.41) is 2.72. The Labute approximate surface area is 162 Å². The minimum atomic E-state index is -4.53. The number of hydrogen-bond donors (Lipinski definition) is 1. The maximum Gasteiger partial charge on any atom is 0.419 e. The fraction of sp³-hybridized carbons (Fsp3) is 0.381. The van der Waals surface area contributed by atoms with Gasteiger partial charge < -0.3 is 14.8 Å². The van der Waals surface area contributed by atoms with E-state index in [4.69, 9.17) is 9.47 Å². The van der Waals surface area contributed by atoms with Crippen molar-refractivity contribution in [2.24, 2.45) is 0 Å². The van der Waals surface area contributed by atoms with E-state index in [2.05, 4.69) is 5.32 Å². The van der Waals surface area contributed by atoms with Crippen LogP contribution in [-0.4, -0.2) is 13.0 Å². The van der Waals surface area contributed by atoms with E-state index >= 15 is 0 Å². The molecule has 4 nitrogen and oxygen atoms in total. The lowest BCUT2D eigenvalue weighted by Gasteiger charge is -2.19. The number of aryl methyl sites for hydroxylation is 2. The van der Waals surface area contributed by atoms with E-state index in [1.807, 2.05) is 0 Å². The molecule has 7 heteroatoms. The third kappa shape index (κ3) is 4.97. The highest BCUT2D eigenvalue weighted by atomic mass is 19.4. The summed E-state index contributed by atoms with van der Waals surface area (Å²) in [6, 6.07) is 7.55. The summed E-state index contributed by atoms with van der Waals surface area (Å²) in [6.45, 7) is 5.08. The quantitative estimate of drug-likeness (QED) is 0.672. The zero-order valence-electron chi connectivity index (χ0n) is 16.4. The van der Waals surface area contributed by atoms with E-state index in [0.717, 1.165) is 11.6 Å². The summed E-state index contributed by atoms with van der Waals surface area (Å²) in [7, 11) is 1.45. The van der Waals surface area contributed by atoms with Gasteiger partial charge in [-0.3, -0.25) is 4.79 Å². The van der Waals surface area contributed by atoms with Crippen LogP contribution in [0.2, 0.25) is 0 Å². The molecule has 2 aromatic carbocycles. The molecule has 1 N–H and O–H groups in total. The highest BCUT2D eigenvalue weighted by Gasteiger charge is 2.35. The van der Waals surface area contributed by atoms with Crippen molar-refractivity contribution in [3.05, 3.63) is 52.6 Å². The van der Waals surface area contributed by atoms with Crippen molar-refractivity contribution >= 4 is 11.6 Å². The van der Waals surface area contributed by atoms with Crippen LogP contribution in [0.4, 0.5) is 18.9 Å². The summed E-state index contributed by atoms with van der Waals surface area (Å²) in [5.74, 6) is -0.0427. The predicted molar refractivity (Wildman–Crippen MR) is 102 cm³/mol. The van der Waals surface area contributed by atoms with Crippen LogP contribution >= 0.6 is 0 Å². The number of carbonyl (C=O) groups is 1. The molecule has 0 aliphatic heterocycles. The first-order valence-electron chi connectivity index (χ1n) is 9.00. The van der Waals surface area contributed by atoms with Crippen LogP contribution in [0.25, 0.3) is 0 Å². The molecular weight excluding hydrogens is 371 g/mol. The van der Waals surface area contributed by atoms with E-state index in [-0.39, 0.29) is 24.7 Å². The van der Waals surface area contributed by atoms with Crippen molar-refractivity contribution in [3.8, 4) is 11.5 Å². The monoisotopic (exact) mass is 395 g/mol. The van der Waals surface area contributed by atoms with Crippen molar-refractivity contribution in [2.45, 2.75) is 46.4 Å². The summed E-state index contributed by atoms with van der Waals surface area (Å²) >= 11 is 0. The number of alkyl halides is 3. The first-order valence-corrected chi connectivity index (χ1v) is 9.00. The molecule has 0 bridgehead atoms. The Kier molecular flexibility index (Phi) is 6.94. The number of rotatable bonds is 7. The second-order valence-corrected chi connectivity index (χ2v) is 6.30. The first kappa shape index (κ1) is 21.6. The minimum Gasteiger partial charge on any atom is -0.496 e. The number of nitrogens with one attached hydrogen (secondary N) is 1. The van der Waals surface area contributed by atoms with Gasteiger partial charge in [0.1, 0.15) is 18.1 Å². The highest BCUT2D eigenvalue weighted by Crippen LogP contribution is 2.39. The molecular formula is C21H24F3NO3. The zero-order valence-corrected chi connectivity index (χ0v) is 16.4. The topological polar surface area (TPSA) is 47.6 Å². The summed E-state index contributed by atoms with van der Waals surface area (Å²) in [4.78, 5) is 11.8. The zero-order chi connectivity index (χ0) is 20.9. The van der Waals surface area contributed by atoms with E-state index in [1.165, 1.54) is 13.2 Å². The number of halogens is 3. The Morgan fingerprint density at radius 1 is 1.14 bits per heavy atom. The molecule has 2 aromatic rings.